The maximum atomic E-state index is 5.79. The second-order valence-electron chi connectivity index (χ2n) is 4.41. The van der Waals surface area contributed by atoms with Crippen molar-refractivity contribution in [1.82, 2.24) is 9.55 Å². The van der Waals surface area contributed by atoms with Crippen molar-refractivity contribution in [3.05, 3.63) is 54.5 Å². The van der Waals surface area contributed by atoms with E-state index in [0.29, 0.717) is 6.54 Å². The van der Waals surface area contributed by atoms with E-state index in [0.717, 1.165) is 5.56 Å². The predicted molar refractivity (Wildman–Crippen MR) is 74.0 cm³/mol. The fourth-order valence-corrected chi connectivity index (χ4v) is 2.41. The zero-order valence-electron chi connectivity index (χ0n) is 10.3. The SMILES string of the molecule is Cn1cc(-c2ccncc2CN)c2ccccc21. The van der Waals surface area contributed by atoms with Gasteiger partial charge in [-0.15, -0.1) is 0 Å². The van der Waals surface area contributed by atoms with E-state index in [1.165, 1.54) is 22.0 Å². The van der Waals surface area contributed by atoms with Crippen LogP contribution in [0.3, 0.4) is 0 Å². The number of nitrogens with two attached hydrogens (primary N) is 1. The Kier molecular flexibility index (Phi) is 2.61. The third kappa shape index (κ3) is 1.60. The maximum absolute atomic E-state index is 5.79. The Morgan fingerprint density at radius 1 is 1.17 bits per heavy atom. The third-order valence-electron chi connectivity index (χ3n) is 3.31. The Labute approximate surface area is 106 Å². The Morgan fingerprint density at radius 3 is 2.83 bits per heavy atom. The number of benzene rings is 1. The smallest absolute Gasteiger partial charge is 0.0484 e. The van der Waals surface area contributed by atoms with Crippen molar-refractivity contribution in [3.8, 4) is 11.1 Å². The van der Waals surface area contributed by atoms with Crippen molar-refractivity contribution in [2.24, 2.45) is 12.8 Å². The van der Waals surface area contributed by atoms with Crippen LogP contribution in [-0.4, -0.2) is 9.55 Å². The summed E-state index contributed by atoms with van der Waals surface area (Å²) in [6.45, 7) is 0.506. The Morgan fingerprint density at radius 2 is 2.00 bits per heavy atom. The van der Waals surface area contributed by atoms with Crippen LogP contribution < -0.4 is 5.73 Å². The lowest BCUT2D eigenvalue weighted by molar-refractivity contribution is 0.969. The highest BCUT2D eigenvalue weighted by atomic mass is 14.9. The molecule has 2 heterocycles. The lowest BCUT2D eigenvalue weighted by Gasteiger charge is -2.05. The Bertz CT molecular complexity index is 698. The largest absolute Gasteiger partial charge is 0.350 e. The first-order valence-corrected chi connectivity index (χ1v) is 5.98. The van der Waals surface area contributed by atoms with E-state index in [1.807, 2.05) is 18.5 Å². The summed E-state index contributed by atoms with van der Waals surface area (Å²) < 4.78 is 2.14. The normalized spacial score (nSPS) is 11.0. The van der Waals surface area contributed by atoms with E-state index in [4.69, 9.17) is 5.73 Å². The van der Waals surface area contributed by atoms with Gasteiger partial charge in [-0.2, -0.15) is 0 Å². The molecular formula is C15H15N3. The molecule has 2 N–H and O–H groups in total. The molecule has 3 heteroatoms. The van der Waals surface area contributed by atoms with Crippen LogP contribution in [0.25, 0.3) is 22.0 Å². The minimum absolute atomic E-state index is 0.506. The van der Waals surface area contributed by atoms with Gasteiger partial charge in [0.2, 0.25) is 0 Å². The van der Waals surface area contributed by atoms with Gasteiger partial charge in [0.05, 0.1) is 0 Å². The van der Waals surface area contributed by atoms with Crippen LogP contribution in [-0.2, 0) is 13.6 Å². The van der Waals surface area contributed by atoms with Crippen molar-refractivity contribution in [2.45, 2.75) is 6.54 Å². The Hall–Kier alpha value is -2.13. The van der Waals surface area contributed by atoms with Crippen molar-refractivity contribution in [2.75, 3.05) is 0 Å². The van der Waals surface area contributed by atoms with E-state index in [-0.39, 0.29) is 0 Å². The summed E-state index contributed by atoms with van der Waals surface area (Å²) >= 11 is 0. The van der Waals surface area contributed by atoms with Crippen molar-refractivity contribution >= 4 is 10.9 Å². The van der Waals surface area contributed by atoms with Gasteiger partial charge < -0.3 is 10.3 Å². The van der Waals surface area contributed by atoms with E-state index in [1.54, 1.807) is 0 Å². The number of nitrogens with zero attached hydrogens (tertiary/aromatic N) is 2. The highest BCUT2D eigenvalue weighted by molar-refractivity contribution is 5.96. The van der Waals surface area contributed by atoms with Gasteiger partial charge in [-0.3, -0.25) is 4.98 Å². The topological polar surface area (TPSA) is 43.8 Å². The number of rotatable bonds is 2. The molecule has 90 valence electrons. The molecule has 1 aromatic carbocycles. The zero-order chi connectivity index (χ0) is 12.5. The van der Waals surface area contributed by atoms with Gasteiger partial charge in [0.15, 0.2) is 0 Å². The second-order valence-corrected chi connectivity index (χ2v) is 4.41. The lowest BCUT2D eigenvalue weighted by atomic mass is 10.0. The zero-order valence-corrected chi connectivity index (χ0v) is 10.3. The number of fused-ring (bicyclic) bond motifs is 1. The van der Waals surface area contributed by atoms with Crippen LogP contribution in [0.4, 0.5) is 0 Å². The van der Waals surface area contributed by atoms with E-state index < -0.39 is 0 Å². The molecule has 0 aliphatic carbocycles. The molecule has 2 aromatic heterocycles. The van der Waals surface area contributed by atoms with Crippen molar-refractivity contribution in [1.29, 1.82) is 0 Å². The van der Waals surface area contributed by atoms with Gasteiger partial charge in [-0.1, -0.05) is 18.2 Å². The summed E-state index contributed by atoms with van der Waals surface area (Å²) in [6, 6.07) is 10.4. The van der Waals surface area contributed by atoms with Gasteiger partial charge >= 0.3 is 0 Å². The average Bonchev–Trinajstić information content (AvgIpc) is 2.77. The summed E-state index contributed by atoms with van der Waals surface area (Å²) in [7, 11) is 2.06. The summed E-state index contributed by atoms with van der Waals surface area (Å²) in [6.07, 6.45) is 5.81. The number of aromatic nitrogens is 2. The molecule has 0 unspecified atom stereocenters. The molecule has 3 aromatic rings. The number of aryl methyl sites for hydroxylation is 1. The van der Waals surface area contributed by atoms with Crippen LogP contribution in [0, 0.1) is 0 Å². The molecular weight excluding hydrogens is 222 g/mol. The molecule has 3 nitrogen and oxygen atoms in total. The molecule has 0 aliphatic rings. The van der Waals surface area contributed by atoms with Gasteiger partial charge in [-0.25, -0.2) is 0 Å². The highest BCUT2D eigenvalue weighted by Gasteiger charge is 2.10. The van der Waals surface area contributed by atoms with Crippen LogP contribution in [0.2, 0.25) is 0 Å². The predicted octanol–water partition coefficient (Wildman–Crippen LogP) is 2.70. The van der Waals surface area contributed by atoms with Crippen LogP contribution in [0.5, 0.6) is 0 Å². The minimum atomic E-state index is 0.506. The molecule has 0 saturated carbocycles. The molecule has 18 heavy (non-hydrogen) atoms. The molecule has 0 radical (unpaired) electrons. The monoisotopic (exact) mass is 237 g/mol. The molecule has 0 atom stereocenters. The molecule has 0 fully saturated rings. The van der Waals surface area contributed by atoms with Gasteiger partial charge in [0, 0.05) is 48.6 Å². The molecule has 0 spiro atoms. The maximum Gasteiger partial charge on any atom is 0.0484 e. The van der Waals surface area contributed by atoms with Crippen LogP contribution in [0.15, 0.2) is 48.9 Å². The standard InChI is InChI=1S/C15H15N3/c1-18-10-14(13-4-2-3-5-15(13)18)12-6-7-17-9-11(12)8-16/h2-7,9-10H,8,16H2,1H3. The summed E-state index contributed by atoms with van der Waals surface area (Å²) in [5, 5.41) is 1.25. The quantitative estimate of drug-likeness (QED) is 0.744. The summed E-state index contributed by atoms with van der Waals surface area (Å²) in [4.78, 5) is 4.14. The third-order valence-corrected chi connectivity index (χ3v) is 3.31. The second kappa shape index (κ2) is 4.27. The number of pyridine rings is 1. The van der Waals surface area contributed by atoms with Gasteiger partial charge in [0.25, 0.3) is 0 Å². The first-order valence-electron chi connectivity index (χ1n) is 5.98. The fourth-order valence-electron chi connectivity index (χ4n) is 2.41. The number of hydrogen-bond acceptors (Lipinski definition) is 2. The number of hydrogen-bond donors (Lipinski definition) is 1. The highest BCUT2D eigenvalue weighted by Crippen LogP contribution is 2.31. The molecule has 0 bridgehead atoms. The van der Waals surface area contributed by atoms with E-state index in [2.05, 4.69) is 47.1 Å². The van der Waals surface area contributed by atoms with Crippen molar-refractivity contribution in [3.63, 3.8) is 0 Å². The van der Waals surface area contributed by atoms with Crippen molar-refractivity contribution < 1.29 is 0 Å². The summed E-state index contributed by atoms with van der Waals surface area (Å²) in [5.41, 5.74) is 10.5. The van der Waals surface area contributed by atoms with E-state index in [9.17, 15) is 0 Å². The average molecular weight is 237 g/mol. The Balaban J connectivity index is 2.32. The summed E-state index contributed by atoms with van der Waals surface area (Å²) in [5.74, 6) is 0. The van der Waals surface area contributed by atoms with Gasteiger partial charge in [-0.05, 0) is 23.3 Å². The molecule has 3 rings (SSSR count). The van der Waals surface area contributed by atoms with Crippen LogP contribution in [0.1, 0.15) is 5.56 Å². The van der Waals surface area contributed by atoms with E-state index >= 15 is 0 Å². The lowest BCUT2D eigenvalue weighted by Crippen LogP contribution is -1.99. The molecule has 0 saturated heterocycles. The first-order chi connectivity index (χ1) is 8.81. The fraction of sp³-hybridized carbons (Fsp3) is 0.133. The van der Waals surface area contributed by atoms with Crippen LogP contribution >= 0.6 is 0 Å². The minimum Gasteiger partial charge on any atom is -0.350 e. The first kappa shape index (κ1) is 11.0. The molecule has 0 aliphatic heterocycles. The van der Waals surface area contributed by atoms with Gasteiger partial charge in [0.1, 0.15) is 0 Å². The molecule has 0 amide bonds. The number of para-hydroxylation sites is 1.